The highest BCUT2D eigenvalue weighted by molar-refractivity contribution is 6.30. The van der Waals surface area contributed by atoms with Crippen molar-refractivity contribution in [1.29, 1.82) is 0 Å². The molecule has 5 heteroatoms. The highest BCUT2D eigenvalue weighted by atomic mass is 35.5. The highest BCUT2D eigenvalue weighted by Crippen LogP contribution is 2.29. The number of hydrogen-bond acceptors (Lipinski definition) is 3. The first-order valence-corrected chi connectivity index (χ1v) is 5.98. The van der Waals surface area contributed by atoms with Crippen molar-refractivity contribution < 1.29 is 4.39 Å². The zero-order valence-corrected chi connectivity index (χ0v) is 10.9. The summed E-state index contributed by atoms with van der Waals surface area (Å²) in [7, 11) is 0. The first kappa shape index (κ1) is 12.8. The first-order chi connectivity index (χ1) is 8.58. The largest absolute Gasteiger partial charge is 0.340 e. The fraction of sp³-hybridized carbons (Fsp3) is 0.231. The van der Waals surface area contributed by atoms with Crippen LogP contribution in [-0.2, 0) is 0 Å². The molecule has 0 aliphatic heterocycles. The van der Waals surface area contributed by atoms with Crippen LogP contribution >= 0.6 is 11.6 Å². The number of halogens is 2. The molecule has 3 nitrogen and oxygen atoms in total. The maximum Gasteiger partial charge on any atom is 0.138 e. The van der Waals surface area contributed by atoms with E-state index in [1.54, 1.807) is 12.1 Å². The lowest BCUT2D eigenvalue weighted by atomic mass is 10.1. The van der Waals surface area contributed by atoms with Gasteiger partial charge in [-0.1, -0.05) is 25.4 Å². The van der Waals surface area contributed by atoms with Gasteiger partial charge in [0.2, 0.25) is 0 Å². The Labute approximate surface area is 110 Å². The number of nitrogens with zero attached hydrogens (tertiary/aromatic N) is 2. The second kappa shape index (κ2) is 5.31. The molecule has 0 bridgehead atoms. The first-order valence-electron chi connectivity index (χ1n) is 5.61. The molecule has 1 N–H and O–H groups in total. The molecule has 0 unspecified atom stereocenters. The second-order valence-corrected chi connectivity index (χ2v) is 4.57. The molecule has 94 valence electrons. The Morgan fingerprint density at radius 1 is 1.17 bits per heavy atom. The van der Waals surface area contributed by atoms with Crippen molar-refractivity contribution in [2.75, 3.05) is 5.32 Å². The van der Waals surface area contributed by atoms with Gasteiger partial charge in [-0.15, -0.1) is 0 Å². The van der Waals surface area contributed by atoms with Crippen LogP contribution in [0.5, 0.6) is 0 Å². The van der Waals surface area contributed by atoms with E-state index in [2.05, 4.69) is 15.3 Å². The van der Waals surface area contributed by atoms with Gasteiger partial charge in [0.25, 0.3) is 0 Å². The van der Waals surface area contributed by atoms with Crippen molar-refractivity contribution in [3.8, 4) is 0 Å². The molecule has 0 radical (unpaired) electrons. The molecular formula is C13H13ClFN3. The fourth-order valence-corrected chi connectivity index (χ4v) is 2.01. The Hall–Kier alpha value is -1.68. The summed E-state index contributed by atoms with van der Waals surface area (Å²) in [5.74, 6) is 0.573. The average molecular weight is 266 g/mol. The van der Waals surface area contributed by atoms with Crippen molar-refractivity contribution in [3.63, 3.8) is 0 Å². The van der Waals surface area contributed by atoms with Crippen molar-refractivity contribution in [2.24, 2.45) is 0 Å². The zero-order valence-electron chi connectivity index (χ0n) is 10.1. The van der Waals surface area contributed by atoms with Crippen LogP contribution in [-0.4, -0.2) is 9.97 Å². The summed E-state index contributed by atoms with van der Waals surface area (Å²) in [6.45, 7) is 4.03. The van der Waals surface area contributed by atoms with E-state index in [9.17, 15) is 4.39 Å². The Kier molecular flexibility index (Phi) is 3.77. The van der Waals surface area contributed by atoms with E-state index in [0.717, 1.165) is 11.3 Å². The maximum atomic E-state index is 12.8. The van der Waals surface area contributed by atoms with Gasteiger partial charge in [0, 0.05) is 11.3 Å². The quantitative estimate of drug-likeness (QED) is 0.848. The number of nitrogens with one attached hydrogen (secondary N) is 1. The summed E-state index contributed by atoms with van der Waals surface area (Å²) >= 11 is 6.06. The summed E-state index contributed by atoms with van der Waals surface area (Å²) in [5.41, 5.74) is 1.61. The van der Waals surface area contributed by atoms with Gasteiger partial charge in [0.15, 0.2) is 0 Å². The Balaban J connectivity index is 2.34. The molecule has 2 aromatic rings. The molecule has 0 atom stereocenters. The monoisotopic (exact) mass is 265 g/mol. The normalized spacial score (nSPS) is 10.7. The lowest BCUT2D eigenvalue weighted by molar-refractivity contribution is 0.628. The van der Waals surface area contributed by atoms with Crippen molar-refractivity contribution >= 4 is 23.1 Å². The zero-order chi connectivity index (χ0) is 13.1. The fourth-order valence-electron chi connectivity index (χ4n) is 1.66. The van der Waals surface area contributed by atoms with E-state index in [1.165, 1.54) is 18.5 Å². The third-order valence-electron chi connectivity index (χ3n) is 2.52. The molecule has 0 amide bonds. The van der Waals surface area contributed by atoms with Gasteiger partial charge in [0.05, 0.1) is 0 Å². The summed E-state index contributed by atoms with van der Waals surface area (Å²) < 4.78 is 12.8. The van der Waals surface area contributed by atoms with Crippen LogP contribution in [0.2, 0.25) is 5.15 Å². The van der Waals surface area contributed by atoms with E-state index < -0.39 is 0 Å². The third kappa shape index (κ3) is 2.76. The average Bonchev–Trinajstić information content (AvgIpc) is 2.32. The minimum atomic E-state index is -0.273. The van der Waals surface area contributed by atoms with Crippen LogP contribution in [0.3, 0.4) is 0 Å². The molecule has 0 saturated carbocycles. The minimum Gasteiger partial charge on any atom is -0.340 e. The van der Waals surface area contributed by atoms with E-state index in [4.69, 9.17) is 11.6 Å². The molecule has 18 heavy (non-hydrogen) atoms. The number of anilines is 2. The smallest absolute Gasteiger partial charge is 0.138 e. The molecule has 2 rings (SSSR count). The SMILES string of the molecule is CC(C)c1c(Cl)ncnc1Nc1ccc(F)cc1. The number of aromatic nitrogens is 2. The molecule has 1 aromatic heterocycles. The molecular weight excluding hydrogens is 253 g/mol. The predicted molar refractivity (Wildman–Crippen MR) is 70.8 cm³/mol. The standard InChI is InChI=1S/C13H13ClFN3/c1-8(2)11-12(14)16-7-17-13(11)18-10-5-3-9(15)4-6-10/h3-8H,1-2H3,(H,16,17,18). The number of benzene rings is 1. The van der Waals surface area contributed by atoms with Crippen LogP contribution in [0.4, 0.5) is 15.9 Å². The van der Waals surface area contributed by atoms with Gasteiger partial charge in [0.1, 0.15) is 23.1 Å². The van der Waals surface area contributed by atoms with Gasteiger partial charge in [-0.2, -0.15) is 0 Å². The predicted octanol–water partition coefficient (Wildman–Crippen LogP) is 4.14. The van der Waals surface area contributed by atoms with Crippen molar-refractivity contribution in [1.82, 2.24) is 9.97 Å². The lowest BCUT2D eigenvalue weighted by Crippen LogP contribution is -2.02. The van der Waals surface area contributed by atoms with Crippen LogP contribution < -0.4 is 5.32 Å². The van der Waals surface area contributed by atoms with Crippen LogP contribution in [0, 0.1) is 5.82 Å². The molecule has 0 aliphatic rings. The summed E-state index contributed by atoms with van der Waals surface area (Å²) in [6.07, 6.45) is 1.40. The van der Waals surface area contributed by atoms with Crippen LogP contribution in [0.1, 0.15) is 25.3 Å². The Bertz CT molecular complexity index is 540. The summed E-state index contributed by atoms with van der Waals surface area (Å²) in [4.78, 5) is 8.15. The van der Waals surface area contributed by atoms with E-state index in [-0.39, 0.29) is 11.7 Å². The molecule has 0 aliphatic carbocycles. The molecule has 0 fully saturated rings. The van der Waals surface area contributed by atoms with Gasteiger partial charge in [-0.25, -0.2) is 14.4 Å². The van der Waals surface area contributed by atoms with Gasteiger partial charge in [-0.05, 0) is 30.2 Å². The van der Waals surface area contributed by atoms with Crippen LogP contribution in [0.25, 0.3) is 0 Å². The molecule has 1 aromatic carbocycles. The third-order valence-corrected chi connectivity index (χ3v) is 2.82. The topological polar surface area (TPSA) is 37.8 Å². The Morgan fingerprint density at radius 3 is 2.44 bits per heavy atom. The molecule has 0 saturated heterocycles. The minimum absolute atomic E-state index is 0.196. The molecule has 0 spiro atoms. The summed E-state index contributed by atoms with van der Waals surface area (Å²) in [5, 5.41) is 3.55. The van der Waals surface area contributed by atoms with E-state index >= 15 is 0 Å². The van der Waals surface area contributed by atoms with Crippen LogP contribution in [0.15, 0.2) is 30.6 Å². The Morgan fingerprint density at radius 2 is 1.83 bits per heavy atom. The number of rotatable bonds is 3. The van der Waals surface area contributed by atoms with Gasteiger partial charge >= 0.3 is 0 Å². The lowest BCUT2D eigenvalue weighted by Gasteiger charge is -2.14. The van der Waals surface area contributed by atoms with Crippen molar-refractivity contribution in [2.45, 2.75) is 19.8 Å². The maximum absolute atomic E-state index is 12.8. The number of hydrogen-bond donors (Lipinski definition) is 1. The van der Waals surface area contributed by atoms with Gasteiger partial charge < -0.3 is 5.32 Å². The highest BCUT2D eigenvalue weighted by Gasteiger charge is 2.13. The molecule has 1 heterocycles. The van der Waals surface area contributed by atoms with Crippen molar-refractivity contribution in [3.05, 3.63) is 47.1 Å². The summed E-state index contributed by atoms with van der Waals surface area (Å²) in [6, 6.07) is 6.07. The van der Waals surface area contributed by atoms with E-state index in [1.807, 2.05) is 13.8 Å². The van der Waals surface area contributed by atoms with Gasteiger partial charge in [-0.3, -0.25) is 0 Å². The van der Waals surface area contributed by atoms with E-state index in [0.29, 0.717) is 11.0 Å². The second-order valence-electron chi connectivity index (χ2n) is 4.21.